The largest absolute Gasteiger partial charge is 0.320 e. The van der Waals surface area contributed by atoms with Gasteiger partial charge in [-0.2, -0.15) is 0 Å². The molecular weight excluding hydrogens is 258 g/mol. The molecule has 1 atom stereocenters. The molecule has 0 aliphatic heterocycles. The summed E-state index contributed by atoms with van der Waals surface area (Å²) in [6.45, 7) is 0. The Kier molecular flexibility index (Phi) is 3.01. The van der Waals surface area contributed by atoms with E-state index in [4.69, 9.17) is 5.73 Å². The van der Waals surface area contributed by atoms with Gasteiger partial charge in [0.25, 0.3) is 0 Å². The van der Waals surface area contributed by atoms with E-state index in [-0.39, 0.29) is 6.04 Å². The van der Waals surface area contributed by atoms with Crippen LogP contribution < -0.4 is 5.73 Å². The van der Waals surface area contributed by atoms with Crippen molar-refractivity contribution >= 4 is 27.3 Å². The monoisotopic (exact) mass is 267 g/mol. The van der Waals surface area contributed by atoms with E-state index in [1.165, 1.54) is 4.88 Å². The molecule has 2 aromatic rings. The van der Waals surface area contributed by atoms with E-state index in [1.807, 2.05) is 23.6 Å². The molecule has 72 valence electrons. The van der Waals surface area contributed by atoms with Crippen LogP contribution >= 0.6 is 27.3 Å². The van der Waals surface area contributed by atoms with Crippen LogP contribution in [0.2, 0.25) is 0 Å². The average molecular weight is 268 g/mol. The molecule has 0 aliphatic carbocycles. The second-order valence-corrected chi connectivity index (χ2v) is 4.94. The predicted molar refractivity (Wildman–Crippen MR) is 64.5 cm³/mol. The van der Waals surface area contributed by atoms with Crippen molar-refractivity contribution in [3.05, 3.63) is 56.7 Å². The Balaban J connectivity index is 2.28. The van der Waals surface area contributed by atoms with E-state index in [9.17, 15) is 0 Å². The SMILES string of the molecule is N[C@@H](c1ccc(Br)cc1)c1cccs1. The van der Waals surface area contributed by atoms with Gasteiger partial charge in [0.2, 0.25) is 0 Å². The molecule has 0 spiro atoms. The Morgan fingerprint density at radius 1 is 1.14 bits per heavy atom. The van der Waals surface area contributed by atoms with E-state index in [0.717, 1.165) is 10.0 Å². The zero-order valence-electron chi connectivity index (χ0n) is 7.48. The fourth-order valence-corrected chi connectivity index (χ4v) is 2.32. The van der Waals surface area contributed by atoms with Crippen molar-refractivity contribution in [2.75, 3.05) is 0 Å². The molecule has 2 rings (SSSR count). The highest BCUT2D eigenvalue weighted by atomic mass is 79.9. The molecule has 0 amide bonds. The molecule has 0 saturated carbocycles. The maximum Gasteiger partial charge on any atom is 0.0646 e. The summed E-state index contributed by atoms with van der Waals surface area (Å²) in [7, 11) is 0. The van der Waals surface area contributed by atoms with Crippen molar-refractivity contribution in [3.63, 3.8) is 0 Å². The average Bonchev–Trinajstić information content (AvgIpc) is 2.71. The topological polar surface area (TPSA) is 26.0 Å². The van der Waals surface area contributed by atoms with Crippen LogP contribution in [0, 0.1) is 0 Å². The molecule has 0 saturated heterocycles. The number of rotatable bonds is 2. The van der Waals surface area contributed by atoms with Crippen LogP contribution in [0.15, 0.2) is 46.3 Å². The summed E-state index contributed by atoms with van der Waals surface area (Å²) < 4.78 is 1.08. The zero-order valence-corrected chi connectivity index (χ0v) is 9.88. The smallest absolute Gasteiger partial charge is 0.0646 e. The van der Waals surface area contributed by atoms with E-state index < -0.39 is 0 Å². The normalized spacial score (nSPS) is 12.7. The Hall–Kier alpha value is -0.640. The van der Waals surface area contributed by atoms with Gasteiger partial charge in [-0.05, 0) is 29.1 Å². The van der Waals surface area contributed by atoms with Gasteiger partial charge >= 0.3 is 0 Å². The molecular formula is C11H10BrNS. The van der Waals surface area contributed by atoms with E-state index in [0.29, 0.717) is 0 Å². The lowest BCUT2D eigenvalue weighted by Crippen LogP contribution is -2.09. The van der Waals surface area contributed by atoms with Gasteiger partial charge in [0, 0.05) is 9.35 Å². The Bertz CT molecular complexity index is 394. The summed E-state index contributed by atoms with van der Waals surface area (Å²) in [5.74, 6) is 0. The first-order valence-electron chi connectivity index (χ1n) is 4.32. The molecule has 1 heterocycles. The van der Waals surface area contributed by atoms with Crippen LogP contribution in [0.25, 0.3) is 0 Å². The molecule has 0 radical (unpaired) electrons. The van der Waals surface area contributed by atoms with Crippen molar-refractivity contribution < 1.29 is 0 Å². The summed E-state index contributed by atoms with van der Waals surface area (Å²) in [5.41, 5.74) is 7.25. The van der Waals surface area contributed by atoms with E-state index in [1.54, 1.807) is 11.3 Å². The lowest BCUT2D eigenvalue weighted by Gasteiger charge is -2.09. The van der Waals surface area contributed by atoms with Gasteiger partial charge in [-0.15, -0.1) is 11.3 Å². The van der Waals surface area contributed by atoms with Crippen LogP contribution in [0.5, 0.6) is 0 Å². The second-order valence-electron chi connectivity index (χ2n) is 3.04. The Morgan fingerprint density at radius 3 is 2.43 bits per heavy atom. The van der Waals surface area contributed by atoms with Gasteiger partial charge < -0.3 is 5.73 Å². The van der Waals surface area contributed by atoms with Gasteiger partial charge in [-0.25, -0.2) is 0 Å². The molecule has 1 nitrogen and oxygen atoms in total. The molecule has 0 unspecified atom stereocenters. The van der Waals surface area contributed by atoms with Crippen LogP contribution in [-0.4, -0.2) is 0 Å². The second kappa shape index (κ2) is 4.26. The molecule has 1 aromatic carbocycles. The molecule has 0 bridgehead atoms. The summed E-state index contributed by atoms with van der Waals surface area (Å²) in [6, 6.07) is 12.2. The molecule has 2 N–H and O–H groups in total. The van der Waals surface area contributed by atoms with Crippen molar-refractivity contribution in [3.8, 4) is 0 Å². The molecule has 0 aliphatic rings. The van der Waals surface area contributed by atoms with Crippen LogP contribution in [0.3, 0.4) is 0 Å². The van der Waals surface area contributed by atoms with Crippen LogP contribution in [-0.2, 0) is 0 Å². The fourth-order valence-electron chi connectivity index (χ4n) is 1.30. The molecule has 0 fully saturated rings. The highest BCUT2D eigenvalue weighted by Gasteiger charge is 2.08. The van der Waals surface area contributed by atoms with Crippen LogP contribution in [0.4, 0.5) is 0 Å². The number of nitrogens with two attached hydrogens (primary N) is 1. The third-order valence-electron chi connectivity index (χ3n) is 2.08. The van der Waals surface area contributed by atoms with Crippen molar-refractivity contribution in [2.24, 2.45) is 5.73 Å². The number of hydrogen-bond donors (Lipinski definition) is 1. The number of thiophene rings is 1. The first kappa shape index (κ1) is 9.90. The van der Waals surface area contributed by atoms with Crippen LogP contribution in [0.1, 0.15) is 16.5 Å². The van der Waals surface area contributed by atoms with Gasteiger partial charge in [0.05, 0.1) is 6.04 Å². The van der Waals surface area contributed by atoms with Crippen molar-refractivity contribution in [1.29, 1.82) is 0 Å². The van der Waals surface area contributed by atoms with E-state index in [2.05, 4.69) is 34.1 Å². The van der Waals surface area contributed by atoms with Gasteiger partial charge in [0.1, 0.15) is 0 Å². The molecule has 1 aromatic heterocycles. The third-order valence-corrected chi connectivity index (χ3v) is 3.56. The predicted octanol–water partition coefficient (Wildman–Crippen LogP) is 3.56. The Morgan fingerprint density at radius 2 is 1.86 bits per heavy atom. The minimum Gasteiger partial charge on any atom is -0.320 e. The van der Waals surface area contributed by atoms with Gasteiger partial charge in [-0.3, -0.25) is 0 Å². The molecule has 3 heteroatoms. The van der Waals surface area contributed by atoms with Crippen molar-refractivity contribution in [1.82, 2.24) is 0 Å². The van der Waals surface area contributed by atoms with E-state index >= 15 is 0 Å². The summed E-state index contributed by atoms with van der Waals surface area (Å²) in [4.78, 5) is 1.20. The third kappa shape index (κ3) is 2.05. The van der Waals surface area contributed by atoms with Gasteiger partial charge in [-0.1, -0.05) is 34.1 Å². The minimum atomic E-state index is 0.00287. The highest BCUT2D eigenvalue weighted by Crippen LogP contribution is 2.24. The minimum absolute atomic E-state index is 0.00287. The lowest BCUT2D eigenvalue weighted by atomic mass is 10.1. The highest BCUT2D eigenvalue weighted by molar-refractivity contribution is 9.10. The fraction of sp³-hybridized carbons (Fsp3) is 0.0909. The van der Waals surface area contributed by atoms with Gasteiger partial charge in [0.15, 0.2) is 0 Å². The summed E-state index contributed by atoms with van der Waals surface area (Å²) >= 11 is 5.10. The lowest BCUT2D eigenvalue weighted by molar-refractivity contribution is 0.893. The standard InChI is InChI=1S/C11H10BrNS/c12-9-5-3-8(4-6-9)11(13)10-2-1-7-14-10/h1-7,11H,13H2/t11-/m0/s1. The number of benzene rings is 1. The summed E-state index contributed by atoms with van der Waals surface area (Å²) in [5, 5.41) is 2.05. The number of hydrogen-bond acceptors (Lipinski definition) is 2. The quantitative estimate of drug-likeness (QED) is 0.885. The Labute approximate surface area is 95.7 Å². The maximum absolute atomic E-state index is 6.11. The maximum atomic E-state index is 6.11. The first-order chi connectivity index (χ1) is 6.77. The summed E-state index contributed by atoms with van der Waals surface area (Å²) in [6.07, 6.45) is 0. The van der Waals surface area contributed by atoms with Crippen molar-refractivity contribution in [2.45, 2.75) is 6.04 Å². The zero-order chi connectivity index (χ0) is 9.97. The first-order valence-corrected chi connectivity index (χ1v) is 5.99. The number of halogens is 1. The molecule has 14 heavy (non-hydrogen) atoms.